The van der Waals surface area contributed by atoms with Crippen molar-refractivity contribution in [2.24, 2.45) is 17.8 Å². The number of alkyl carbamates (subject to hydrolysis) is 1. The average molecular weight is 309 g/mol. The van der Waals surface area contributed by atoms with Crippen molar-refractivity contribution >= 4 is 12.1 Å². The third-order valence-electron chi connectivity index (χ3n) is 4.98. The van der Waals surface area contributed by atoms with Crippen LogP contribution in [0.2, 0.25) is 0 Å². The van der Waals surface area contributed by atoms with Crippen LogP contribution in [0.5, 0.6) is 0 Å². The van der Waals surface area contributed by atoms with E-state index in [9.17, 15) is 9.59 Å². The van der Waals surface area contributed by atoms with Gasteiger partial charge < -0.3 is 14.8 Å². The molecule has 2 aliphatic carbocycles. The summed E-state index contributed by atoms with van der Waals surface area (Å²) in [4.78, 5) is 23.8. The minimum absolute atomic E-state index is 0.131. The van der Waals surface area contributed by atoms with Gasteiger partial charge in [-0.3, -0.25) is 4.79 Å². The van der Waals surface area contributed by atoms with Crippen molar-refractivity contribution in [1.82, 2.24) is 5.32 Å². The van der Waals surface area contributed by atoms with E-state index in [4.69, 9.17) is 9.47 Å². The topological polar surface area (TPSA) is 64.6 Å². The van der Waals surface area contributed by atoms with Crippen LogP contribution in [0.15, 0.2) is 11.6 Å². The molecule has 0 saturated heterocycles. The Bertz CT molecular complexity index is 505. The molecule has 2 bridgehead atoms. The number of ether oxygens (including phenoxy) is 2. The van der Waals surface area contributed by atoms with Crippen LogP contribution in [0.4, 0.5) is 4.79 Å². The lowest BCUT2D eigenvalue weighted by atomic mass is 9.82. The number of esters is 1. The number of hydrogen-bond acceptors (Lipinski definition) is 4. The summed E-state index contributed by atoms with van der Waals surface area (Å²) in [6, 6.07) is 0. The highest BCUT2D eigenvalue weighted by molar-refractivity contribution is 5.72. The Kier molecular flexibility index (Phi) is 4.28. The highest BCUT2D eigenvalue weighted by atomic mass is 16.6. The van der Waals surface area contributed by atoms with E-state index in [1.807, 2.05) is 27.7 Å². The zero-order chi connectivity index (χ0) is 16.7. The lowest BCUT2D eigenvalue weighted by Crippen LogP contribution is -2.50. The number of carbonyl (C=O) groups is 2. The van der Waals surface area contributed by atoms with E-state index in [1.165, 1.54) is 7.11 Å². The SMILES string of the molecule is COC(=O)C[C@H]1C2=CCC([C@H]1C)C2(C)NC(=O)OC(C)(C)C. The fourth-order valence-corrected chi connectivity index (χ4v) is 4.00. The molecule has 0 aromatic carbocycles. The van der Waals surface area contributed by atoms with Crippen LogP contribution in [-0.4, -0.2) is 30.3 Å². The van der Waals surface area contributed by atoms with Crippen LogP contribution in [-0.2, 0) is 14.3 Å². The Labute approximate surface area is 132 Å². The number of hydrogen-bond donors (Lipinski definition) is 1. The summed E-state index contributed by atoms with van der Waals surface area (Å²) in [6.45, 7) is 9.72. The molecule has 5 heteroatoms. The molecular weight excluding hydrogens is 282 g/mol. The molecule has 4 atom stereocenters. The smallest absolute Gasteiger partial charge is 0.408 e. The molecule has 0 aliphatic heterocycles. The number of fused-ring (bicyclic) bond motifs is 2. The minimum atomic E-state index is -0.524. The molecule has 2 aliphatic rings. The molecule has 2 rings (SSSR count). The highest BCUT2D eigenvalue weighted by Gasteiger charge is 2.56. The van der Waals surface area contributed by atoms with Gasteiger partial charge in [0.05, 0.1) is 19.1 Å². The van der Waals surface area contributed by atoms with Crippen molar-refractivity contribution in [3.8, 4) is 0 Å². The Morgan fingerprint density at radius 1 is 1.41 bits per heavy atom. The summed E-state index contributed by atoms with van der Waals surface area (Å²) in [6.07, 6.45) is 3.06. The van der Waals surface area contributed by atoms with Gasteiger partial charge in [-0.1, -0.05) is 13.0 Å². The van der Waals surface area contributed by atoms with Crippen LogP contribution in [0.25, 0.3) is 0 Å². The first-order chi connectivity index (χ1) is 10.1. The van der Waals surface area contributed by atoms with Crippen molar-refractivity contribution in [2.45, 2.75) is 58.6 Å². The lowest BCUT2D eigenvalue weighted by Gasteiger charge is -2.32. The molecular formula is C17H27NO4. The van der Waals surface area contributed by atoms with E-state index in [0.717, 1.165) is 12.0 Å². The Balaban J connectivity index is 2.14. The maximum Gasteiger partial charge on any atom is 0.408 e. The first-order valence-electron chi connectivity index (χ1n) is 7.87. The van der Waals surface area contributed by atoms with Crippen molar-refractivity contribution in [3.05, 3.63) is 11.6 Å². The van der Waals surface area contributed by atoms with Gasteiger partial charge >= 0.3 is 12.1 Å². The molecule has 0 aromatic heterocycles. The number of rotatable bonds is 3. The Hall–Kier alpha value is -1.52. The van der Waals surface area contributed by atoms with E-state index in [2.05, 4.69) is 18.3 Å². The minimum Gasteiger partial charge on any atom is -0.469 e. The second-order valence-electron chi connectivity index (χ2n) is 7.58. The molecule has 1 fully saturated rings. The van der Waals surface area contributed by atoms with Crippen LogP contribution in [0.1, 0.15) is 47.5 Å². The molecule has 124 valence electrons. The molecule has 2 unspecified atom stereocenters. The van der Waals surface area contributed by atoms with E-state index >= 15 is 0 Å². The first-order valence-corrected chi connectivity index (χ1v) is 7.87. The molecule has 1 N–H and O–H groups in total. The van der Waals surface area contributed by atoms with Gasteiger partial charge in [0, 0.05) is 0 Å². The Morgan fingerprint density at radius 2 is 2.05 bits per heavy atom. The summed E-state index contributed by atoms with van der Waals surface area (Å²) in [5.41, 5.74) is 0.186. The third-order valence-corrected chi connectivity index (χ3v) is 4.98. The molecule has 0 heterocycles. The predicted molar refractivity (Wildman–Crippen MR) is 83.3 cm³/mol. The monoisotopic (exact) mass is 309 g/mol. The number of nitrogens with one attached hydrogen (secondary N) is 1. The number of carbonyl (C=O) groups excluding carboxylic acids is 2. The number of methoxy groups -OCH3 is 1. The van der Waals surface area contributed by atoms with Gasteiger partial charge in [-0.05, 0) is 57.4 Å². The van der Waals surface area contributed by atoms with Crippen LogP contribution < -0.4 is 5.32 Å². The van der Waals surface area contributed by atoms with Gasteiger partial charge in [0.15, 0.2) is 0 Å². The van der Waals surface area contributed by atoms with Crippen LogP contribution >= 0.6 is 0 Å². The van der Waals surface area contributed by atoms with Gasteiger partial charge in [-0.25, -0.2) is 4.79 Å². The predicted octanol–water partition coefficient (Wildman–Crippen LogP) is 3.05. The molecule has 22 heavy (non-hydrogen) atoms. The highest BCUT2D eigenvalue weighted by Crippen LogP contribution is 2.55. The largest absolute Gasteiger partial charge is 0.469 e. The van der Waals surface area contributed by atoms with Gasteiger partial charge in [0.25, 0.3) is 0 Å². The molecule has 5 nitrogen and oxygen atoms in total. The fraction of sp³-hybridized carbons (Fsp3) is 0.765. The summed E-state index contributed by atoms with van der Waals surface area (Å²) in [7, 11) is 1.41. The molecule has 1 amide bonds. The zero-order valence-corrected chi connectivity index (χ0v) is 14.4. The van der Waals surface area contributed by atoms with E-state index in [-0.39, 0.29) is 11.9 Å². The number of allylic oxidation sites excluding steroid dienone is 1. The second-order valence-corrected chi connectivity index (χ2v) is 7.58. The second kappa shape index (κ2) is 5.60. The summed E-state index contributed by atoms with van der Waals surface area (Å²) < 4.78 is 10.2. The lowest BCUT2D eigenvalue weighted by molar-refractivity contribution is -0.141. The van der Waals surface area contributed by atoms with E-state index in [0.29, 0.717) is 18.3 Å². The standard InChI is InChI=1S/C17H27NO4/c1-10-11(9-14(19)21-6)13-8-7-12(10)17(13,5)18-15(20)22-16(2,3)4/h8,10-12H,7,9H2,1-6H3,(H,18,20)/t10-,11+,12?,17?/m0/s1. The van der Waals surface area contributed by atoms with E-state index in [1.54, 1.807) is 0 Å². The van der Waals surface area contributed by atoms with Gasteiger partial charge in [-0.15, -0.1) is 0 Å². The first kappa shape index (κ1) is 16.8. The normalized spacial score (nSPS) is 33.4. The maximum atomic E-state index is 12.2. The number of amides is 1. The maximum absolute atomic E-state index is 12.2. The van der Waals surface area contributed by atoms with Gasteiger partial charge in [-0.2, -0.15) is 0 Å². The van der Waals surface area contributed by atoms with Crippen LogP contribution in [0.3, 0.4) is 0 Å². The van der Waals surface area contributed by atoms with Crippen molar-refractivity contribution < 1.29 is 19.1 Å². The fourth-order valence-electron chi connectivity index (χ4n) is 4.00. The summed E-state index contributed by atoms with van der Waals surface area (Å²) in [5.74, 6) is 0.555. The van der Waals surface area contributed by atoms with Crippen molar-refractivity contribution in [3.63, 3.8) is 0 Å². The Morgan fingerprint density at radius 3 is 2.59 bits per heavy atom. The van der Waals surface area contributed by atoms with Crippen molar-refractivity contribution in [2.75, 3.05) is 7.11 Å². The van der Waals surface area contributed by atoms with Gasteiger partial charge in [0.1, 0.15) is 5.60 Å². The summed E-state index contributed by atoms with van der Waals surface area (Å²) in [5, 5.41) is 3.04. The van der Waals surface area contributed by atoms with Crippen molar-refractivity contribution in [1.29, 1.82) is 0 Å². The summed E-state index contributed by atoms with van der Waals surface area (Å²) >= 11 is 0. The van der Waals surface area contributed by atoms with Gasteiger partial charge in [0.2, 0.25) is 0 Å². The van der Waals surface area contributed by atoms with E-state index < -0.39 is 17.2 Å². The molecule has 0 radical (unpaired) electrons. The molecule has 1 saturated carbocycles. The zero-order valence-electron chi connectivity index (χ0n) is 14.4. The average Bonchev–Trinajstić information content (AvgIpc) is 2.77. The third kappa shape index (κ3) is 2.99. The van der Waals surface area contributed by atoms with Crippen LogP contribution in [0, 0.1) is 17.8 Å². The molecule has 0 aromatic rings. The quantitative estimate of drug-likeness (QED) is 0.643. The molecule has 0 spiro atoms.